The van der Waals surface area contributed by atoms with Gasteiger partial charge in [-0.3, -0.25) is 14.5 Å². The Morgan fingerprint density at radius 2 is 1.34 bits per heavy atom. The molecule has 0 unspecified atom stereocenters. The lowest BCUT2D eigenvalue weighted by Crippen LogP contribution is -2.11. The predicted molar refractivity (Wildman–Crippen MR) is 176 cm³/mol. The first-order chi connectivity index (χ1) is 21.8. The highest BCUT2D eigenvalue weighted by molar-refractivity contribution is 6.08. The summed E-state index contributed by atoms with van der Waals surface area (Å²) < 4.78 is 4.52. The molecule has 0 atom stereocenters. The van der Waals surface area contributed by atoms with E-state index in [1.165, 1.54) is 10.9 Å². The smallest absolute Gasteiger partial charge is 0.138 e. The molecule has 7 heterocycles. The summed E-state index contributed by atoms with van der Waals surface area (Å²) in [6.07, 6.45) is 9.73. The van der Waals surface area contributed by atoms with Gasteiger partial charge in [0.15, 0.2) is 0 Å². The van der Waals surface area contributed by atoms with Crippen molar-refractivity contribution in [1.29, 1.82) is 0 Å². The molecule has 0 spiro atoms. The standard InChI is InChI=1S/C37H25N7/c1-3-12-33-25(8-1)27-22-38-18-15-35(27)43(33)24-20-31(29-10-5-6-17-40-29)41-32(21-24)30-11-7-14-37(42-30)44-34-13-4-2-9-26(34)28-23-39-19-16-36(28)44/h1-21,23,38H,22H2. The Balaban J connectivity index is 1.29. The fourth-order valence-electron chi connectivity index (χ4n) is 6.44. The van der Waals surface area contributed by atoms with E-state index in [-0.39, 0.29) is 0 Å². The van der Waals surface area contributed by atoms with Gasteiger partial charge in [-0.05, 0) is 66.9 Å². The monoisotopic (exact) mass is 567 g/mol. The van der Waals surface area contributed by atoms with Gasteiger partial charge in [-0.2, -0.15) is 0 Å². The molecular formula is C37H25N7. The molecule has 9 rings (SSSR count). The van der Waals surface area contributed by atoms with Crippen molar-refractivity contribution in [3.8, 4) is 34.3 Å². The summed E-state index contributed by atoms with van der Waals surface area (Å²) in [5.41, 5.74) is 9.90. The number of nitrogens with zero attached hydrogens (tertiary/aromatic N) is 6. The molecule has 0 fully saturated rings. The van der Waals surface area contributed by atoms with Crippen LogP contribution in [0.15, 0.2) is 128 Å². The fraction of sp³-hybridized carbons (Fsp3) is 0.0270. The fourth-order valence-corrected chi connectivity index (χ4v) is 6.44. The molecule has 0 saturated heterocycles. The summed E-state index contributed by atoms with van der Waals surface area (Å²) in [4.78, 5) is 19.4. The van der Waals surface area contributed by atoms with Crippen LogP contribution >= 0.6 is 0 Å². The van der Waals surface area contributed by atoms with Gasteiger partial charge in [-0.25, -0.2) is 9.97 Å². The third kappa shape index (κ3) is 3.76. The molecule has 0 bridgehead atoms. The van der Waals surface area contributed by atoms with Crippen molar-refractivity contribution < 1.29 is 0 Å². The average molecular weight is 568 g/mol. The topological polar surface area (TPSA) is 73.5 Å². The lowest BCUT2D eigenvalue weighted by atomic mass is 10.1. The third-order valence-corrected chi connectivity index (χ3v) is 8.35. The normalized spacial score (nSPS) is 12.5. The highest BCUT2D eigenvalue weighted by atomic mass is 15.1. The zero-order valence-electron chi connectivity index (χ0n) is 23.6. The zero-order chi connectivity index (χ0) is 29.0. The minimum absolute atomic E-state index is 0.775. The number of pyridine rings is 4. The molecule has 8 aromatic rings. The summed E-state index contributed by atoms with van der Waals surface area (Å²) >= 11 is 0. The molecule has 7 heteroatoms. The molecule has 0 amide bonds. The Morgan fingerprint density at radius 1 is 0.591 bits per heavy atom. The Morgan fingerprint density at radius 3 is 2.20 bits per heavy atom. The van der Waals surface area contributed by atoms with Crippen LogP contribution in [0.3, 0.4) is 0 Å². The van der Waals surface area contributed by atoms with Crippen LogP contribution in [0.25, 0.3) is 73.1 Å². The minimum Gasteiger partial charge on any atom is -0.387 e. The number of para-hydroxylation sites is 2. The van der Waals surface area contributed by atoms with E-state index in [1.807, 2.05) is 55.0 Å². The maximum atomic E-state index is 5.22. The Hall–Kier alpha value is -6.08. The quantitative estimate of drug-likeness (QED) is 0.236. The van der Waals surface area contributed by atoms with Crippen LogP contribution < -0.4 is 5.32 Å². The highest BCUT2D eigenvalue weighted by Crippen LogP contribution is 2.35. The van der Waals surface area contributed by atoms with Crippen molar-refractivity contribution in [3.05, 3.63) is 139 Å². The van der Waals surface area contributed by atoms with Crippen LogP contribution in [0.5, 0.6) is 0 Å². The van der Waals surface area contributed by atoms with Gasteiger partial charge in [0.2, 0.25) is 0 Å². The van der Waals surface area contributed by atoms with Crippen molar-refractivity contribution in [2.45, 2.75) is 6.54 Å². The molecule has 7 nitrogen and oxygen atoms in total. The molecule has 6 aromatic heterocycles. The number of hydrogen-bond donors (Lipinski definition) is 1. The van der Waals surface area contributed by atoms with Gasteiger partial charge in [0.05, 0.1) is 50.7 Å². The Kier molecular flexibility index (Phi) is 5.43. The molecule has 0 saturated carbocycles. The van der Waals surface area contributed by atoms with E-state index in [4.69, 9.17) is 9.97 Å². The molecular weight excluding hydrogens is 542 g/mol. The summed E-state index contributed by atoms with van der Waals surface area (Å²) in [5, 5.41) is 6.86. The SMILES string of the molecule is C1=Cc2c(c3ccccc3n2-c2cc(-c3ccccn3)nc(-c3cccc(-n4c5ccccc5c5cnccc54)n3)c2)CN1. The molecule has 1 aliphatic heterocycles. The first kappa shape index (κ1) is 24.5. The third-order valence-electron chi connectivity index (χ3n) is 8.35. The first-order valence-electron chi connectivity index (χ1n) is 14.6. The van der Waals surface area contributed by atoms with E-state index < -0.39 is 0 Å². The van der Waals surface area contributed by atoms with Crippen molar-refractivity contribution in [2.75, 3.05) is 0 Å². The number of benzene rings is 2. The maximum Gasteiger partial charge on any atom is 0.138 e. The average Bonchev–Trinajstić information content (AvgIpc) is 3.62. The summed E-state index contributed by atoms with van der Waals surface area (Å²) in [6, 6.07) is 35.3. The van der Waals surface area contributed by atoms with Crippen LogP contribution in [0.2, 0.25) is 0 Å². The summed E-state index contributed by atoms with van der Waals surface area (Å²) in [6.45, 7) is 0.780. The lowest BCUT2D eigenvalue weighted by molar-refractivity contribution is 0.855. The highest BCUT2D eigenvalue weighted by Gasteiger charge is 2.20. The van der Waals surface area contributed by atoms with E-state index in [1.54, 1.807) is 6.20 Å². The second-order valence-corrected chi connectivity index (χ2v) is 10.9. The molecule has 0 radical (unpaired) electrons. The van der Waals surface area contributed by atoms with Crippen LogP contribution in [0, 0.1) is 0 Å². The predicted octanol–water partition coefficient (Wildman–Crippen LogP) is 7.72. The molecule has 2 aromatic carbocycles. The summed E-state index contributed by atoms with van der Waals surface area (Å²) in [7, 11) is 0. The van der Waals surface area contributed by atoms with Gasteiger partial charge < -0.3 is 9.88 Å². The van der Waals surface area contributed by atoms with Gasteiger partial charge >= 0.3 is 0 Å². The van der Waals surface area contributed by atoms with Crippen LogP contribution in [-0.4, -0.2) is 29.1 Å². The molecule has 0 aliphatic carbocycles. The van der Waals surface area contributed by atoms with Crippen molar-refractivity contribution >= 4 is 38.8 Å². The van der Waals surface area contributed by atoms with Crippen LogP contribution in [0.1, 0.15) is 11.3 Å². The van der Waals surface area contributed by atoms with Gasteiger partial charge in [-0.1, -0.05) is 48.5 Å². The Labute approximate surface area is 252 Å². The second kappa shape index (κ2) is 9.74. The van der Waals surface area contributed by atoms with Crippen molar-refractivity contribution in [1.82, 2.24) is 34.4 Å². The van der Waals surface area contributed by atoms with Crippen molar-refractivity contribution in [3.63, 3.8) is 0 Å². The zero-order valence-corrected chi connectivity index (χ0v) is 23.6. The molecule has 1 N–H and O–H groups in total. The van der Waals surface area contributed by atoms with Crippen LogP contribution in [-0.2, 0) is 6.54 Å². The van der Waals surface area contributed by atoms with E-state index in [0.29, 0.717) is 0 Å². The van der Waals surface area contributed by atoms with Gasteiger partial charge in [0.1, 0.15) is 5.82 Å². The molecule has 208 valence electrons. The lowest BCUT2D eigenvalue weighted by Gasteiger charge is -2.15. The maximum absolute atomic E-state index is 5.22. The van der Waals surface area contributed by atoms with E-state index in [9.17, 15) is 0 Å². The second-order valence-electron chi connectivity index (χ2n) is 10.9. The molecule has 1 aliphatic rings. The summed E-state index contributed by atoms with van der Waals surface area (Å²) in [5.74, 6) is 0.823. The number of hydrogen-bond acceptors (Lipinski definition) is 5. The van der Waals surface area contributed by atoms with Gasteiger partial charge in [0, 0.05) is 46.9 Å². The minimum atomic E-state index is 0.775. The number of fused-ring (bicyclic) bond motifs is 6. The number of aromatic nitrogens is 6. The van der Waals surface area contributed by atoms with Crippen molar-refractivity contribution in [2.24, 2.45) is 0 Å². The largest absolute Gasteiger partial charge is 0.387 e. The van der Waals surface area contributed by atoms with Gasteiger partial charge in [-0.15, -0.1) is 0 Å². The van der Waals surface area contributed by atoms with E-state index in [0.717, 1.165) is 73.8 Å². The van der Waals surface area contributed by atoms with E-state index >= 15 is 0 Å². The van der Waals surface area contributed by atoms with Crippen LogP contribution in [0.4, 0.5) is 0 Å². The molecule has 44 heavy (non-hydrogen) atoms. The number of nitrogens with one attached hydrogen (secondary N) is 1. The van der Waals surface area contributed by atoms with Gasteiger partial charge in [0.25, 0.3) is 0 Å². The first-order valence-corrected chi connectivity index (χ1v) is 14.6. The Bertz CT molecular complexity index is 2350. The van der Waals surface area contributed by atoms with E-state index in [2.05, 4.69) is 97.2 Å². The number of rotatable bonds is 4.